The Morgan fingerprint density at radius 1 is 1.38 bits per heavy atom. The van der Waals surface area contributed by atoms with E-state index >= 15 is 0 Å². The highest BCUT2D eigenvalue weighted by Gasteiger charge is 2.29. The standard InChI is InChI=1S/C19H19N3O2S2/c1-3-7-12-14(10-16-20-13-8-5-6-9-15(13)26-16)22-17(24-4-2)11-25-19(22)21-18(12)23/h3,5-6,8-9,17H,1,4,7,10-11H2,2H3. The third-order valence-electron chi connectivity index (χ3n) is 4.31. The van der Waals surface area contributed by atoms with E-state index in [4.69, 9.17) is 9.72 Å². The molecule has 1 atom stereocenters. The quantitative estimate of drug-likeness (QED) is 0.477. The summed E-state index contributed by atoms with van der Waals surface area (Å²) >= 11 is 3.24. The van der Waals surface area contributed by atoms with E-state index in [1.165, 1.54) is 0 Å². The van der Waals surface area contributed by atoms with Gasteiger partial charge in [0, 0.05) is 30.0 Å². The van der Waals surface area contributed by atoms with Crippen molar-refractivity contribution in [3.05, 3.63) is 63.5 Å². The Bertz CT molecular complexity index is 992. The fourth-order valence-corrected chi connectivity index (χ4v) is 5.23. The zero-order valence-electron chi connectivity index (χ0n) is 14.5. The topological polar surface area (TPSA) is 57.0 Å². The molecule has 3 aromatic rings. The van der Waals surface area contributed by atoms with Crippen LogP contribution in [0.5, 0.6) is 0 Å². The van der Waals surface area contributed by atoms with Gasteiger partial charge in [0.15, 0.2) is 5.16 Å². The molecule has 5 nitrogen and oxygen atoms in total. The minimum absolute atomic E-state index is 0.0963. The van der Waals surface area contributed by atoms with Crippen molar-refractivity contribution < 1.29 is 4.74 Å². The average Bonchev–Trinajstić information content (AvgIpc) is 3.21. The molecule has 0 bridgehead atoms. The van der Waals surface area contributed by atoms with Crippen LogP contribution in [0.25, 0.3) is 10.2 Å². The Morgan fingerprint density at radius 3 is 3.00 bits per heavy atom. The molecule has 0 saturated heterocycles. The van der Waals surface area contributed by atoms with E-state index in [0.717, 1.165) is 31.8 Å². The van der Waals surface area contributed by atoms with Crippen molar-refractivity contribution in [1.82, 2.24) is 14.5 Å². The predicted octanol–water partition coefficient (Wildman–Crippen LogP) is 3.81. The van der Waals surface area contributed by atoms with Crippen LogP contribution in [0, 0.1) is 0 Å². The first-order valence-electron chi connectivity index (χ1n) is 8.55. The van der Waals surface area contributed by atoms with E-state index in [1.807, 2.05) is 25.1 Å². The number of ether oxygens (including phenoxy) is 1. The number of hydrogen-bond donors (Lipinski definition) is 0. The number of allylic oxidation sites excluding steroid dienone is 1. The zero-order valence-corrected chi connectivity index (χ0v) is 16.1. The molecule has 3 heterocycles. The minimum atomic E-state index is -0.170. The molecule has 0 fully saturated rings. The molecule has 1 unspecified atom stereocenters. The van der Waals surface area contributed by atoms with Gasteiger partial charge in [0.1, 0.15) is 6.23 Å². The molecule has 0 radical (unpaired) electrons. The maximum Gasteiger partial charge on any atom is 0.277 e. The molecule has 0 amide bonds. The number of thioether (sulfide) groups is 1. The molecule has 1 aliphatic heterocycles. The monoisotopic (exact) mass is 385 g/mol. The summed E-state index contributed by atoms with van der Waals surface area (Å²) in [6.07, 6.45) is 2.75. The van der Waals surface area contributed by atoms with Crippen LogP contribution in [0.1, 0.15) is 29.4 Å². The number of rotatable bonds is 6. The van der Waals surface area contributed by atoms with E-state index in [1.54, 1.807) is 29.2 Å². The molecule has 0 N–H and O–H groups in total. The second-order valence-electron chi connectivity index (χ2n) is 5.96. The van der Waals surface area contributed by atoms with E-state index in [2.05, 4.69) is 22.2 Å². The van der Waals surface area contributed by atoms with E-state index in [9.17, 15) is 4.79 Å². The Labute approximate surface area is 159 Å². The van der Waals surface area contributed by atoms with E-state index < -0.39 is 0 Å². The number of para-hydroxylation sites is 1. The maximum atomic E-state index is 12.6. The molecule has 0 saturated carbocycles. The van der Waals surface area contributed by atoms with Crippen molar-refractivity contribution in [3.63, 3.8) is 0 Å². The average molecular weight is 386 g/mol. The lowest BCUT2D eigenvalue weighted by Crippen LogP contribution is -2.25. The normalized spacial score (nSPS) is 16.1. The largest absolute Gasteiger partial charge is 0.357 e. The molecular formula is C19H19N3O2S2. The molecule has 1 aliphatic rings. The van der Waals surface area contributed by atoms with Crippen LogP contribution >= 0.6 is 23.1 Å². The van der Waals surface area contributed by atoms with Gasteiger partial charge in [-0.1, -0.05) is 30.0 Å². The van der Waals surface area contributed by atoms with E-state index in [-0.39, 0.29) is 11.8 Å². The molecule has 2 aromatic heterocycles. The smallest absolute Gasteiger partial charge is 0.277 e. The number of thiazole rings is 1. The summed E-state index contributed by atoms with van der Waals surface area (Å²) in [5.74, 6) is 0.769. The van der Waals surface area contributed by atoms with Gasteiger partial charge in [-0.25, -0.2) is 4.98 Å². The summed E-state index contributed by atoms with van der Waals surface area (Å²) in [5, 5.41) is 1.72. The summed E-state index contributed by atoms with van der Waals surface area (Å²) in [7, 11) is 0. The molecule has 0 aliphatic carbocycles. The number of benzene rings is 1. The molecule has 0 spiro atoms. The Balaban J connectivity index is 1.84. The summed E-state index contributed by atoms with van der Waals surface area (Å²) in [6.45, 7) is 6.41. The number of nitrogens with zero attached hydrogens (tertiary/aromatic N) is 3. The summed E-state index contributed by atoms with van der Waals surface area (Å²) in [4.78, 5) is 21.6. The molecule has 4 rings (SSSR count). The first kappa shape index (κ1) is 17.5. The van der Waals surface area contributed by atoms with Crippen molar-refractivity contribution in [2.45, 2.75) is 31.1 Å². The van der Waals surface area contributed by atoms with Gasteiger partial charge < -0.3 is 4.74 Å². The number of aromatic nitrogens is 3. The summed E-state index contributed by atoms with van der Waals surface area (Å²) in [5.41, 5.74) is 2.46. The van der Waals surface area contributed by atoms with Gasteiger partial charge in [-0.15, -0.1) is 17.9 Å². The van der Waals surface area contributed by atoms with Gasteiger partial charge >= 0.3 is 0 Å². The first-order valence-corrected chi connectivity index (χ1v) is 10.4. The molecule has 1 aromatic carbocycles. The molecule has 7 heteroatoms. The lowest BCUT2D eigenvalue weighted by atomic mass is 10.1. The number of hydrogen-bond acceptors (Lipinski definition) is 6. The van der Waals surface area contributed by atoms with Crippen LogP contribution in [0.2, 0.25) is 0 Å². The zero-order chi connectivity index (χ0) is 18.1. The third kappa shape index (κ3) is 3.11. The van der Waals surface area contributed by atoms with Crippen molar-refractivity contribution >= 4 is 33.3 Å². The lowest BCUT2D eigenvalue weighted by Gasteiger charge is -2.20. The van der Waals surface area contributed by atoms with Crippen molar-refractivity contribution in [2.24, 2.45) is 0 Å². The number of fused-ring (bicyclic) bond motifs is 2. The molecular weight excluding hydrogens is 366 g/mol. The van der Waals surface area contributed by atoms with Crippen LogP contribution in [0.3, 0.4) is 0 Å². The Kier molecular flexibility index (Phi) is 4.93. The van der Waals surface area contributed by atoms with Gasteiger partial charge in [-0.2, -0.15) is 4.98 Å². The Hall–Kier alpha value is -1.96. The maximum absolute atomic E-state index is 12.6. The highest BCUT2D eigenvalue weighted by molar-refractivity contribution is 7.99. The predicted molar refractivity (Wildman–Crippen MR) is 106 cm³/mol. The first-order chi connectivity index (χ1) is 12.7. The van der Waals surface area contributed by atoms with Crippen LogP contribution in [-0.2, 0) is 17.6 Å². The SMILES string of the molecule is C=CCc1c(Cc2nc3ccccc3s2)n2c(nc1=O)SCC2OCC. The van der Waals surface area contributed by atoms with Gasteiger partial charge in [0.05, 0.1) is 15.2 Å². The Morgan fingerprint density at radius 2 is 2.23 bits per heavy atom. The van der Waals surface area contributed by atoms with Crippen LogP contribution in [0.15, 0.2) is 46.9 Å². The van der Waals surface area contributed by atoms with Crippen LogP contribution in [0.4, 0.5) is 0 Å². The van der Waals surface area contributed by atoms with Crippen molar-refractivity contribution in [2.75, 3.05) is 12.4 Å². The highest BCUT2D eigenvalue weighted by atomic mass is 32.2. The molecule has 134 valence electrons. The van der Waals surface area contributed by atoms with Crippen molar-refractivity contribution in [1.29, 1.82) is 0 Å². The summed E-state index contributed by atoms with van der Waals surface area (Å²) < 4.78 is 9.13. The van der Waals surface area contributed by atoms with Gasteiger partial charge in [0.25, 0.3) is 5.56 Å². The van der Waals surface area contributed by atoms with Gasteiger partial charge in [0.2, 0.25) is 0 Å². The minimum Gasteiger partial charge on any atom is -0.357 e. The van der Waals surface area contributed by atoms with Crippen LogP contribution < -0.4 is 5.56 Å². The van der Waals surface area contributed by atoms with Gasteiger partial charge in [-0.3, -0.25) is 9.36 Å². The second kappa shape index (κ2) is 7.34. The van der Waals surface area contributed by atoms with Crippen LogP contribution in [-0.4, -0.2) is 26.9 Å². The lowest BCUT2D eigenvalue weighted by molar-refractivity contribution is 0.0238. The van der Waals surface area contributed by atoms with Crippen molar-refractivity contribution in [3.8, 4) is 0 Å². The second-order valence-corrected chi connectivity index (χ2v) is 8.06. The third-order valence-corrected chi connectivity index (χ3v) is 6.34. The summed E-state index contributed by atoms with van der Waals surface area (Å²) in [6, 6.07) is 8.10. The van der Waals surface area contributed by atoms with E-state index in [0.29, 0.717) is 25.0 Å². The molecule has 26 heavy (non-hydrogen) atoms. The fraction of sp³-hybridized carbons (Fsp3) is 0.316. The highest BCUT2D eigenvalue weighted by Crippen LogP contribution is 2.35. The van der Waals surface area contributed by atoms with Gasteiger partial charge in [-0.05, 0) is 25.5 Å². The fourth-order valence-electron chi connectivity index (χ4n) is 3.21.